The highest BCUT2D eigenvalue weighted by Crippen LogP contribution is 2.28. The predicted molar refractivity (Wildman–Crippen MR) is 82.8 cm³/mol. The van der Waals surface area contributed by atoms with Gasteiger partial charge in [0, 0.05) is 22.7 Å². The lowest BCUT2D eigenvalue weighted by atomic mass is 10.1. The second kappa shape index (κ2) is 9.34. The third-order valence-electron chi connectivity index (χ3n) is 2.79. The number of nitrogens with one attached hydrogen (secondary N) is 1. The molecule has 108 valence electrons. The average Bonchev–Trinajstić information content (AvgIpc) is 2.39. The number of hydrogen-bond donors (Lipinski definition) is 1. The topological polar surface area (TPSA) is 30.5 Å². The zero-order valence-electron chi connectivity index (χ0n) is 12.0. The Hall–Kier alpha value is -0.580. The molecule has 19 heavy (non-hydrogen) atoms. The van der Waals surface area contributed by atoms with Crippen molar-refractivity contribution in [2.45, 2.75) is 33.2 Å². The normalized spacial score (nSPS) is 12.4. The van der Waals surface area contributed by atoms with Crippen LogP contribution in [0.1, 0.15) is 38.8 Å². The molecular formula is C15H24BrNO2. The van der Waals surface area contributed by atoms with Crippen LogP contribution < -0.4 is 10.1 Å². The zero-order valence-corrected chi connectivity index (χ0v) is 13.6. The van der Waals surface area contributed by atoms with Crippen LogP contribution in [0.15, 0.2) is 22.7 Å². The molecular weight excluding hydrogens is 306 g/mol. The number of halogens is 1. The van der Waals surface area contributed by atoms with Crippen LogP contribution in [0.4, 0.5) is 0 Å². The molecule has 0 aromatic heterocycles. The monoisotopic (exact) mass is 329 g/mol. The Morgan fingerprint density at radius 3 is 2.68 bits per heavy atom. The molecule has 0 aliphatic rings. The first-order valence-corrected chi connectivity index (χ1v) is 7.71. The van der Waals surface area contributed by atoms with Crippen LogP contribution in [0, 0.1) is 0 Å². The Kier molecular flexibility index (Phi) is 8.10. The van der Waals surface area contributed by atoms with Gasteiger partial charge in [0.2, 0.25) is 0 Å². The average molecular weight is 330 g/mol. The lowest BCUT2D eigenvalue weighted by Crippen LogP contribution is -2.19. The van der Waals surface area contributed by atoms with Gasteiger partial charge in [0.1, 0.15) is 12.4 Å². The fraction of sp³-hybridized carbons (Fsp3) is 0.600. The lowest BCUT2D eigenvalue weighted by Gasteiger charge is -2.18. The van der Waals surface area contributed by atoms with E-state index in [-0.39, 0.29) is 6.04 Å². The van der Waals surface area contributed by atoms with Crippen LogP contribution in [0.5, 0.6) is 5.75 Å². The highest BCUT2D eigenvalue weighted by atomic mass is 79.9. The predicted octanol–water partition coefficient (Wildman–Crippen LogP) is 3.93. The van der Waals surface area contributed by atoms with E-state index in [1.807, 2.05) is 12.1 Å². The molecule has 1 aromatic rings. The van der Waals surface area contributed by atoms with Crippen molar-refractivity contribution in [2.24, 2.45) is 0 Å². The minimum Gasteiger partial charge on any atom is -0.491 e. The summed E-state index contributed by atoms with van der Waals surface area (Å²) in [6.07, 6.45) is 1.04. The van der Waals surface area contributed by atoms with E-state index in [4.69, 9.17) is 9.47 Å². The van der Waals surface area contributed by atoms with Gasteiger partial charge in [0.05, 0.1) is 6.61 Å². The van der Waals surface area contributed by atoms with Gasteiger partial charge in [-0.15, -0.1) is 0 Å². The van der Waals surface area contributed by atoms with Crippen molar-refractivity contribution in [1.29, 1.82) is 0 Å². The summed E-state index contributed by atoms with van der Waals surface area (Å²) in [4.78, 5) is 0. The SMILES string of the molecule is CCCOCCOc1cc(Br)ccc1C(C)NCC. The van der Waals surface area contributed by atoms with Crippen LogP contribution >= 0.6 is 15.9 Å². The molecule has 0 aliphatic heterocycles. The summed E-state index contributed by atoms with van der Waals surface area (Å²) in [6, 6.07) is 6.44. The van der Waals surface area contributed by atoms with Crippen molar-refractivity contribution in [1.82, 2.24) is 5.32 Å². The molecule has 0 heterocycles. The van der Waals surface area contributed by atoms with Crippen molar-refractivity contribution in [3.63, 3.8) is 0 Å². The van der Waals surface area contributed by atoms with E-state index < -0.39 is 0 Å². The summed E-state index contributed by atoms with van der Waals surface area (Å²) in [5.74, 6) is 0.919. The quantitative estimate of drug-likeness (QED) is 0.696. The Morgan fingerprint density at radius 1 is 1.21 bits per heavy atom. The summed E-state index contributed by atoms with van der Waals surface area (Å²) in [5, 5.41) is 3.41. The standard InChI is InChI=1S/C15H24BrNO2/c1-4-8-18-9-10-19-15-11-13(16)6-7-14(15)12(3)17-5-2/h6-7,11-12,17H,4-5,8-10H2,1-3H3. The van der Waals surface area contributed by atoms with E-state index in [0.717, 1.165) is 29.8 Å². The van der Waals surface area contributed by atoms with Crippen molar-refractivity contribution >= 4 is 15.9 Å². The van der Waals surface area contributed by atoms with Crippen molar-refractivity contribution < 1.29 is 9.47 Å². The maximum atomic E-state index is 5.84. The van der Waals surface area contributed by atoms with E-state index in [1.54, 1.807) is 0 Å². The third-order valence-corrected chi connectivity index (χ3v) is 3.28. The first-order chi connectivity index (χ1) is 9.19. The summed E-state index contributed by atoms with van der Waals surface area (Å²) >= 11 is 3.49. The molecule has 1 rings (SSSR count). The Labute approximate surface area is 124 Å². The number of ether oxygens (including phenoxy) is 2. The summed E-state index contributed by atoms with van der Waals surface area (Å²) < 4.78 is 12.3. The molecule has 3 nitrogen and oxygen atoms in total. The Bertz CT molecular complexity index is 371. The fourth-order valence-electron chi connectivity index (χ4n) is 1.86. The van der Waals surface area contributed by atoms with E-state index >= 15 is 0 Å². The van der Waals surface area contributed by atoms with Gasteiger partial charge >= 0.3 is 0 Å². The smallest absolute Gasteiger partial charge is 0.125 e. The molecule has 1 atom stereocenters. The minimum atomic E-state index is 0.282. The van der Waals surface area contributed by atoms with Gasteiger partial charge in [0.15, 0.2) is 0 Å². The van der Waals surface area contributed by atoms with Crippen LogP contribution in [-0.4, -0.2) is 26.4 Å². The summed E-state index contributed by atoms with van der Waals surface area (Å²) in [5.41, 5.74) is 1.18. The van der Waals surface area contributed by atoms with Gasteiger partial charge < -0.3 is 14.8 Å². The van der Waals surface area contributed by atoms with E-state index in [2.05, 4.69) is 48.1 Å². The largest absolute Gasteiger partial charge is 0.491 e. The molecule has 0 amide bonds. The molecule has 0 aliphatic carbocycles. The molecule has 0 spiro atoms. The molecule has 0 saturated heterocycles. The maximum Gasteiger partial charge on any atom is 0.125 e. The van der Waals surface area contributed by atoms with Crippen molar-refractivity contribution in [3.05, 3.63) is 28.2 Å². The van der Waals surface area contributed by atoms with Gasteiger partial charge in [-0.3, -0.25) is 0 Å². The van der Waals surface area contributed by atoms with E-state index in [0.29, 0.717) is 13.2 Å². The summed E-state index contributed by atoms with van der Waals surface area (Å²) in [6.45, 7) is 9.31. The fourth-order valence-corrected chi connectivity index (χ4v) is 2.20. The number of rotatable bonds is 9. The van der Waals surface area contributed by atoms with Gasteiger partial charge in [-0.25, -0.2) is 0 Å². The minimum absolute atomic E-state index is 0.282. The molecule has 0 fully saturated rings. The van der Waals surface area contributed by atoms with Crippen LogP contribution in [0.2, 0.25) is 0 Å². The molecule has 1 unspecified atom stereocenters. The second-order valence-electron chi connectivity index (χ2n) is 4.42. The van der Waals surface area contributed by atoms with Gasteiger partial charge in [-0.1, -0.05) is 35.8 Å². The highest BCUT2D eigenvalue weighted by molar-refractivity contribution is 9.10. The third kappa shape index (κ3) is 5.93. The van der Waals surface area contributed by atoms with Gasteiger partial charge in [-0.05, 0) is 32.0 Å². The van der Waals surface area contributed by atoms with Gasteiger partial charge in [-0.2, -0.15) is 0 Å². The molecule has 1 aromatic carbocycles. The highest BCUT2D eigenvalue weighted by Gasteiger charge is 2.11. The van der Waals surface area contributed by atoms with E-state index in [1.165, 1.54) is 5.56 Å². The van der Waals surface area contributed by atoms with Gasteiger partial charge in [0.25, 0.3) is 0 Å². The number of benzene rings is 1. The Morgan fingerprint density at radius 2 is 2.00 bits per heavy atom. The van der Waals surface area contributed by atoms with Crippen molar-refractivity contribution in [2.75, 3.05) is 26.4 Å². The zero-order chi connectivity index (χ0) is 14.1. The van der Waals surface area contributed by atoms with Crippen LogP contribution in [0.3, 0.4) is 0 Å². The Balaban J connectivity index is 2.61. The second-order valence-corrected chi connectivity index (χ2v) is 5.34. The molecule has 0 radical (unpaired) electrons. The maximum absolute atomic E-state index is 5.84. The first kappa shape index (κ1) is 16.5. The molecule has 1 N–H and O–H groups in total. The first-order valence-electron chi connectivity index (χ1n) is 6.92. The van der Waals surface area contributed by atoms with Crippen LogP contribution in [-0.2, 0) is 4.74 Å². The lowest BCUT2D eigenvalue weighted by molar-refractivity contribution is 0.100. The number of hydrogen-bond acceptors (Lipinski definition) is 3. The molecule has 0 bridgehead atoms. The van der Waals surface area contributed by atoms with Crippen LogP contribution in [0.25, 0.3) is 0 Å². The molecule has 0 saturated carbocycles. The summed E-state index contributed by atoms with van der Waals surface area (Å²) in [7, 11) is 0. The van der Waals surface area contributed by atoms with E-state index in [9.17, 15) is 0 Å². The van der Waals surface area contributed by atoms with Crippen molar-refractivity contribution in [3.8, 4) is 5.75 Å². The molecule has 4 heteroatoms.